The first-order valence-corrected chi connectivity index (χ1v) is 11.0. The third-order valence-electron chi connectivity index (χ3n) is 5.86. The topological polar surface area (TPSA) is 58.6 Å². The van der Waals surface area contributed by atoms with Crippen molar-refractivity contribution in [2.45, 2.75) is 32.6 Å². The van der Waals surface area contributed by atoms with Crippen LogP contribution in [0.4, 0.5) is 5.69 Å². The van der Waals surface area contributed by atoms with Gasteiger partial charge in [0.05, 0.1) is 5.39 Å². The fourth-order valence-corrected chi connectivity index (χ4v) is 5.47. The van der Waals surface area contributed by atoms with Crippen molar-refractivity contribution < 1.29 is 9.53 Å². The first-order valence-electron chi connectivity index (χ1n) is 10.2. The van der Waals surface area contributed by atoms with Crippen molar-refractivity contribution >= 4 is 33.1 Å². The molecule has 29 heavy (non-hydrogen) atoms. The average Bonchev–Trinajstić information content (AvgIpc) is 3.14. The molecule has 1 aliphatic carbocycles. The molecule has 0 spiro atoms. The van der Waals surface area contributed by atoms with Crippen molar-refractivity contribution in [1.82, 2.24) is 14.9 Å². The van der Waals surface area contributed by atoms with E-state index in [-0.39, 0.29) is 5.91 Å². The van der Waals surface area contributed by atoms with Gasteiger partial charge in [0, 0.05) is 43.7 Å². The predicted octanol–water partition coefficient (Wildman–Crippen LogP) is 4.03. The van der Waals surface area contributed by atoms with E-state index in [9.17, 15) is 4.79 Å². The van der Waals surface area contributed by atoms with Crippen LogP contribution in [0.1, 0.15) is 30.2 Å². The number of hydrogen-bond acceptors (Lipinski definition) is 6. The minimum Gasteiger partial charge on any atom is -0.438 e. The SMILES string of the molecule is CC(=O)N1CCN(c2ccc(Oc3ncnc4sc5c(c34)CCCC5)cc2)CC1. The maximum Gasteiger partial charge on any atom is 0.231 e. The van der Waals surface area contributed by atoms with Crippen LogP contribution in [-0.4, -0.2) is 47.0 Å². The molecule has 1 fully saturated rings. The first-order chi connectivity index (χ1) is 14.2. The molecule has 6 nitrogen and oxygen atoms in total. The van der Waals surface area contributed by atoms with Gasteiger partial charge in [-0.05, 0) is 55.5 Å². The summed E-state index contributed by atoms with van der Waals surface area (Å²) in [4.78, 5) is 27.1. The average molecular weight is 409 g/mol. The molecule has 0 bridgehead atoms. The largest absolute Gasteiger partial charge is 0.438 e. The van der Waals surface area contributed by atoms with Crippen LogP contribution in [0, 0.1) is 0 Å². The summed E-state index contributed by atoms with van der Waals surface area (Å²) in [6.45, 7) is 4.89. The molecule has 2 aliphatic rings. The number of carbonyl (C=O) groups is 1. The van der Waals surface area contributed by atoms with E-state index in [1.54, 1.807) is 24.6 Å². The summed E-state index contributed by atoms with van der Waals surface area (Å²) in [5.74, 6) is 1.60. The normalized spacial score (nSPS) is 16.7. The number of thiophene rings is 1. The molecular formula is C22H24N4O2S. The number of amides is 1. The minimum atomic E-state index is 0.153. The molecule has 3 aromatic rings. The van der Waals surface area contributed by atoms with Gasteiger partial charge in [-0.25, -0.2) is 9.97 Å². The molecule has 7 heteroatoms. The van der Waals surface area contributed by atoms with Gasteiger partial charge in [0.25, 0.3) is 0 Å². The Kier molecular flexibility index (Phi) is 4.83. The molecule has 0 N–H and O–H groups in total. The second kappa shape index (κ2) is 7.63. The van der Waals surface area contributed by atoms with E-state index in [4.69, 9.17) is 4.74 Å². The number of ether oxygens (including phenoxy) is 1. The zero-order valence-corrected chi connectivity index (χ0v) is 17.4. The van der Waals surface area contributed by atoms with Crippen molar-refractivity contribution in [2.75, 3.05) is 31.1 Å². The van der Waals surface area contributed by atoms with Crippen molar-refractivity contribution in [3.63, 3.8) is 0 Å². The number of carbonyl (C=O) groups excluding carboxylic acids is 1. The summed E-state index contributed by atoms with van der Waals surface area (Å²) in [6, 6.07) is 8.17. The Hall–Kier alpha value is -2.67. The van der Waals surface area contributed by atoms with E-state index in [0.717, 1.165) is 60.7 Å². The summed E-state index contributed by atoms with van der Waals surface area (Å²) in [5, 5.41) is 1.09. The van der Waals surface area contributed by atoms with E-state index in [1.807, 2.05) is 17.0 Å². The van der Waals surface area contributed by atoms with Crippen LogP contribution in [0.25, 0.3) is 10.2 Å². The third kappa shape index (κ3) is 3.55. The fraction of sp³-hybridized carbons (Fsp3) is 0.409. The summed E-state index contributed by atoms with van der Waals surface area (Å²) in [5.41, 5.74) is 2.54. The zero-order valence-electron chi connectivity index (χ0n) is 16.6. The van der Waals surface area contributed by atoms with Gasteiger partial charge in [-0.3, -0.25) is 4.79 Å². The van der Waals surface area contributed by atoms with Crippen LogP contribution in [0.3, 0.4) is 0 Å². The van der Waals surface area contributed by atoms with Crippen LogP contribution in [0.2, 0.25) is 0 Å². The molecule has 0 radical (unpaired) electrons. The Balaban J connectivity index is 1.34. The molecule has 0 saturated carbocycles. The van der Waals surface area contributed by atoms with Crippen LogP contribution >= 0.6 is 11.3 Å². The van der Waals surface area contributed by atoms with Gasteiger partial charge in [0.15, 0.2) is 0 Å². The number of rotatable bonds is 3. The van der Waals surface area contributed by atoms with Crippen molar-refractivity contribution in [1.29, 1.82) is 0 Å². The molecule has 3 heterocycles. The van der Waals surface area contributed by atoms with E-state index in [1.165, 1.54) is 23.3 Å². The minimum absolute atomic E-state index is 0.153. The maximum absolute atomic E-state index is 11.5. The molecule has 5 rings (SSSR count). The van der Waals surface area contributed by atoms with Gasteiger partial charge in [0.1, 0.15) is 16.9 Å². The quantitative estimate of drug-likeness (QED) is 0.655. The van der Waals surface area contributed by atoms with E-state index in [0.29, 0.717) is 5.88 Å². The van der Waals surface area contributed by atoms with E-state index in [2.05, 4.69) is 27.0 Å². The smallest absolute Gasteiger partial charge is 0.231 e. The van der Waals surface area contributed by atoms with Crippen molar-refractivity contribution in [3.8, 4) is 11.6 Å². The van der Waals surface area contributed by atoms with E-state index < -0.39 is 0 Å². The van der Waals surface area contributed by atoms with Gasteiger partial charge in [-0.2, -0.15) is 0 Å². The lowest BCUT2D eigenvalue weighted by atomic mass is 9.97. The maximum atomic E-state index is 11.5. The van der Waals surface area contributed by atoms with Crippen LogP contribution < -0.4 is 9.64 Å². The molecule has 1 saturated heterocycles. The van der Waals surface area contributed by atoms with Crippen molar-refractivity contribution in [3.05, 3.63) is 41.0 Å². The van der Waals surface area contributed by atoms with E-state index >= 15 is 0 Å². The number of hydrogen-bond donors (Lipinski definition) is 0. The Labute approximate surface area is 174 Å². The monoisotopic (exact) mass is 408 g/mol. The Morgan fingerprint density at radius 1 is 1.03 bits per heavy atom. The molecule has 2 aromatic heterocycles. The first kappa shape index (κ1) is 18.4. The number of piperazine rings is 1. The highest BCUT2D eigenvalue weighted by Crippen LogP contribution is 2.40. The summed E-state index contributed by atoms with van der Waals surface area (Å²) in [6.07, 6.45) is 6.30. The summed E-state index contributed by atoms with van der Waals surface area (Å²) >= 11 is 1.78. The Bertz CT molecular complexity index is 1040. The Morgan fingerprint density at radius 2 is 1.79 bits per heavy atom. The third-order valence-corrected chi connectivity index (χ3v) is 7.06. The van der Waals surface area contributed by atoms with Gasteiger partial charge in [0.2, 0.25) is 11.8 Å². The highest BCUT2D eigenvalue weighted by Gasteiger charge is 2.21. The van der Waals surface area contributed by atoms with Gasteiger partial charge >= 0.3 is 0 Å². The second-order valence-electron chi connectivity index (χ2n) is 7.66. The number of fused-ring (bicyclic) bond motifs is 3. The molecule has 0 atom stereocenters. The standard InChI is InChI=1S/C22H24N4O2S/c1-15(27)25-10-12-26(13-11-25)16-6-8-17(9-7-16)28-21-20-18-4-2-3-5-19(18)29-22(20)24-14-23-21/h6-9,14H,2-5,10-13H2,1H3. The molecule has 0 unspecified atom stereocenters. The molecule has 1 aromatic carbocycles. The number of aromatic nitrogens is 2. The second-order valence-corrected chi connectivity index (χ2v) is 8.74. The lowest BCUT2D eigenvalue weighted by molar-refractivity contribution is -0.129. The number of anilines is 1. The number of benzene rings is 1. The van der Waals surface area contributed by atoms with Crippen LogP contribution in [0.5, 0.6) is 11.6 Å². The zero-order chi connectivity index (χ0) is 19.8. The number of nitrogens with zero attached hydrogens (tertiary/aromatic N) is 4. The molecule has 150 valence electrons. The number of aryl methyl sites for hydroxylation is 2. The highest BCUT2D eigenvalue weighted by molar-refractivity contribution is 7.18. The summed E-state index contributed by atoms with van der Waals surface area (Å²) < 4.78 is 6.19. The lowest BCUT2D eigenvalue weighted by Gasteiger charge is -2.35. The van der Waals surface area contributed by atoms with Gasteiger partial charge in [-0.15, -0.1) is 11.3 Å². The molecular weight excluding hydrogens is 384 g/mol. The predicted molar refractivity (Wildman–Crippen MR) is 115 cm³/mol. The fourth-order valence-electron chi connectivity index (χ4n) is 4.25. The Morgan fingerprint density at radius 3 is 2.55 bits per heavy atom. The van der Waals surface area contributed by atoms with Gasteiger partial charge in [-0.1, -0.05) is 0 Å². The summed E-state index contributed by atoms with van der Waals surface area (Å²) in [7, 11) is 0. The van der Waals surface area contributed by atoms with Gasteiger partial charge < -0.3 is 14.5 Å². The lowest BCUT2D eigenvalue weighted by Crippen LogP contribution is -2.48. The van der Waals surface area contributed by atoms with Crippen molar-refractivity contribution in [2.24, 2.45) is 0 Å². The van der Waals surface area contributed by atoms with Crippen LogP contribution in [-0.2, 0) is 17.6 Å². The highest BCUT2D eigenvalue weighted by atomic mass is 32.1. The van der Waals surface area contributed by atoms with Crippen LogP contribution in [0.15, 0.2) is 30.6 Å². The molecule has 1 aliphatic heterocycles. The molecule has 1 amide bonds.